The van der Waals surface area contributed by atoms with Crippen LogP contribution in [0.25, 0.3) is 11.1 Å². The van der Waals surface area contributed by atoms with Crippen molar-refractivity contribution in [3.63, 3.8) is 0 Å². The fraction of sp³-hybridized carbons (Fsp3) is 0.250. The lowest BCUT2D eigenvalue weighted by atomic mass is 10.0. The number of nitrogens with one attached hydrogen (secondary N) is 1. The second kappa shape index (κ2) is 6.64. The minimum Gasteiger partial charge on any atom is -0.312 e. The van der Waals surface area contributed by atoms with E-state index in [0.717, 1.165) is 0 Å². The van der Waals surface area contributed by atoms with Gasteiger partial charge in [0.2, 0.25) is 0 Å². The van der Waals surface area contributed by atoms with Crippen molar-refractivity contribution < 1.29 is 4.21 Å². The molecule has 2 aromatic rings. The summed E-state index contributed by atoms with van der Waals surface area (Å²) in [5.74, 6) is 0.640. The smallest absolute Gasteiger partial charge is 0.0434 e. The molecule has 100 valence electrons. The van der Waals surface area contributed by atoms with Gasteiger partial charge in [-0.05, 0) is 23.7 Å². The van der Waals surface area contributed by atoms with E-state index in [0.29, 0.717) is 5.75 Å². The first-order chi connectivity index (χ1) is 9.20. The number of rotatable bonds is 5. The van der Waals surface area contributed by atoms with Gasteiger partial charge in [-0.25, -0.2) is 0 Å². The van der Waals surface area contributed by atoms with Crippen molar-refractivity contribution in [1.29, 1.82) is 0 Å². The molecule has 0 aliphatic carbocycles. The number of hydrogen-bond acceptors (Lipinski definition) is 2. The summed E-state index contributed by atoms with van der Waals surface area (Å²) >= 11 is 0. The third-order valence-corrected chi connectivity index (χ3v) is 3.97. The van der Waals surface area contributed by atoms with Gasteiger partial charge in [-0.3, -0.25) is 4.21 Å². The third-order valence-electron chi connectivity index (χ3n) is 3.17. The lowest BCUT2D eigenvalue weighted by molar-refractivity contribution is 0.638. The van der Waals surface area contributed by atoms with Crippen molar-refractivity contribution in [1.82, 2.24) is 5.32 Å². The van der Waals surface area contributed by atoms with Crippen LogP contribution >= 0.6 is 0 Å². The molecule has 19 heavy (non-hydrogen) atoms. The summed E-state index contributed by atoms with van der Waals surface area (Å²) in [6.45, 7) is 0. The van der Waals surface area contributed by atoms with E-state index in [4.69, 9.17) is 0 Å². The maximum atomic E-state index is 11.3. The van der Waals surface area contributed by atoms with Gasteiger partial charge >= 0.3 is 0 Å². The molecule has 2 atom stereocenters. The maximum Gasteiger partial charge on any atom is 0.0434 e. The molecule has 0 heterocycles. The topological polar surface area (TPSA) is 29.1 Å². The van der Waals surface area contributed by atoms with Crippen LogP contribution in [0, 0.1) is 0 Å². The van der Waals surface area contributed by atoms with Gasteiger partial charge in [0.15, 0.2) is 0 Å². The van der Waals surface area contributed by atoms with Crippen LogP contribution < -0.4 is 5.32 Å². The van der Waals surface area contributed by atoms with E-state index in [1.165, 1.54) is 16.7 Å². The molecular formula is C16H19NOS. The van der Waals surface area contributed by atoms with Crippen LogP contribution in [0.4, 0.5) is 0 Å². The summed E-state index contributed by atoms with van der Waals surface area (Å²) in [7, 11) is 1.11. The van der Waals surface area contributed by atoms with Gasteiger partial charge in [0, 0.05) is 28.9 Å². The van der Waals surface area contributed by atoms with Crippen LogP contribution in [0.5, 0.6) is 0 Å². The third kappa shape index (κ3) is 3.75. The standard InChI is InChI=1S/C16H19NOS/c1-17-16(12-19(2)18)15-10-8-14(9-11-15)13-6-4-3-5-7-13/h3-11,16-17H,12H2,1-2H3. The van der Waals surface area contributed by atoms with Crippen molar-refractivity contribution in [3.8, 4) is 11.1 Å². The van der Waals surface area contributed by atoms with Gasteiger partial charge in [-0.2, -0.15) is 0 Å². The second-order valence-corrected chi connectivity index (χ2v) is 6.05. The van der Waals surface area contributed by atoms with E-state index in [1.54, 1.807) is 6.26 Å². The minimum atomic E-state index is -0.800. The minimum absolute atomic E-state index is 0.149. The highest BCUT2D eigenvalue weighted by molar-refractivity contribution is 7.84. The van der Waals surface area contributed by atoms with Gasteiger partial charge in [0.05, 0.1) is 0 Å². The predicted molar refractivity (Wildman–Crippen MR) is 82.6 cm³/mol. The molecule has 0 aliphatic rings. The molecule has 0 amide bonds. The van der Waals surface area contributed by atoms with Gasteiger partial charge in [0.1, 0.15) is 0 Å². The van der Waals surface area contributed by atoms with Crippen LogP contribution in [0.3, 0.4) is 0 Å². The summed E-state index contributed by atoms with van der Waals surface area (Å²) in [4.78, 5) is 0. The molecule has 0 aliphatic heterocycles. The SMILES string of the molecule is CNC(CS(C)=O)c1ccc(-c2ccccc2)cc1. The molecule has 0 fully saturated rings. The van der Waals surface area contributed by atoms with Crippen molar-refractivity contribution in [2.45, 2.75) is 6.04 Å². The molecule has 0 radical (unpaired) electrons. The predicted octanol–water partition coefficient (Wildman–Crippen LogP) is 2.99. The van der Waals surface area contributed by atoms with E-state index in [1.807, 2.05) is 25.2 Å². The average Bonchev–Trinajstić information content (AvgIpc) is 2.46. The Kier molecular flexibility index (Phi) is 4.88. The van der Waals surface area contributed by atoms with Gasteiger partial charge in [0.25, 0.3) is 0 Å². The zero-order valence-electron chi connectivity index (χ0n) is 11.3. The highest BCUT2D eigenvalue weighted by Gasteiger charge is 2.10. The summed E-state index contributed by atoms with van der Waals surface area (Å²) in [6.07, 6.45) is 1.74. The maximum absolute atomic E-state index is 11.3. The van der Waals surface area contributed by atoms with E-state index in [-0.39, 0.29) is 6.04 Å². The zero-order valence-corrected chi connectivity index (χ0v) is 12.1. The molecule has 2 rings (SSSR count). The summed E-state index contributed by atoms with van der Waals surface area (Å²) < 4.78 is 11.3. The molecule has 0 aromatic heterocycles. The lowest BCUT2D eigenvalue weighted by Crippen LogP contribution is -2.22. The monoisotopic (exact) mass is 273 g/mol. The Labute approximate surface area is 117 Å². The first kappa shape index (κ1) is 14.0. The molecule has 2 nitrogen and oxygen atoms in total. The first-order valence-electron chi connectivity index (χ1n) is 6.33. The molecule has 2 aromatic carbocycles. The molecular weight excluding hydrogens is 254 g/mol. The summed E-state index contributed by atoms with van der Waals surface area (Å²) in [6, 6.07) is 18.9. The Hall–Kier alpha value is -1.45. The van der Waals surface area contributed by atoms with Crippen LogP contribution in [0.2, 0.25) is 0 Å². The van der Waals surface area contributed by atoms with E-state index in [9.17, 15) is 4.21 Å². The molecule has 0 spiro atoms. The Morgan fingerprint density at radius 2 is 1.58 bits per heavy atom. The van der Waals surface area contributed by atoms with Crippen LogP contribution in [-0.4, -0.2) is 23.3 Å². The van der Waals surface area contributed by atoms with Crippen molar-refractivity contribution in [2.24, 2.45) is 0 Å². The normalized spacial score (nSPS) is 14.0. The Morgan fingerprint density at radius 1 is 1.00 bits per heavy atom. The number of hydrogen-bond donors (Lipinski definition) is 1. The average molecular weight is 273 g/mol. The van der Waals surface area contributed by atoms with Crippen molar-refractivity contribution in [2.75, 3.05) is 19.1 Å². The molecule has 2 unspecified atom stereocenters. The van der Waals surface area contributed by atoms with E-state index < -0.39 is 10.8 Å². The molecule has 0 bridgehead atoms. The molecule has 3 heteroatoms. The van der Waals surface area contributed by atoms with Crippen molar-refractivity contribution in [3.05, 3.63) is 60.2 Å². The lowest BCUT2D eigenvalue weighted by Gasteiger charge is -2.15. The highest BCUT2D eigenvalue weighted by atomic mass is 32.2. The quantitative estimate of drug-likeness (QED) is 0.907. The van der Waals surface area contributed by atoms with Gasteiger partial charge in [-0.1, -0.05) is 54.6 Å². The van der Waals surface area contributed by atoms with Gasteiger partial charge < -0.3 is 5.32 Å². The van der Waals surface area contributed by atoms with E-state index >= 15 is 0 Å². The summed E-state index contributed by atoms with van der Waals surface area (Å²) in [5.41, 5.74) is 3.60. The largest absolute Gasteiger partial charge is 0.312 e. The molecule has 1 N–H and O–H groups in total. The van der Waals surface area contributed by atoms with Crippen LogP contribution in [0.15, 0.2) is 54.6 Å². The molecule has 0 saturated carbocycles. The Bertz CT molecular complexity index is 536. The highest BCUT2D eigenvalue weighted by Crippen LogP contribution is 2.22. The van der Waals surface area contributed by atoms with Crippen molar-refractivity contribution >= 4 is 10.8 Å². The molecule has 0 saturated heterocycles. The Morgan fingerprint density at radius 3 is 2.11 bits per heavy atom. The zero-order chi connectivity index (χ0) is 13.7. The first-order valence-corrected chi connectivity index (χ1v) is 8.06. The van der Waals surface area contributed by atoms with E-state index in [2.05, 4.69) is 41.7 Å². The fourth-order valence-electron chi connectivity index (χ4n) is 2.12. The summed E-state index contributed by atoms with van der Waals surface area (Å²) in [5, 5.41) is 3.22. The van der Waals surface area contributed by atoms with Gasteiger partial charge in [-0.15, -0.1) is 0 Å². The second-order valence-electron chi connectivity index (χ2n) is 4.57. The fourth-order valence-corrected chi connectivity index (χ4v) is 2.95. The van der Waals surface area contributed by atoms with Crippen LogP contribution in [0.1, 0.15) is 11.6 Å². The van der Waals surface area contributed by atoms with Crippen LogP contribution in [-0.2, 0) is 10.8 Å². The number of benzene rings is 2. The Balaban J connectivity index is 2.20.